The summed E-state index contributed by atoms with van der Waals surface area (Å²) in [5.74, 6) is 0.548. The van der Waals surface area contributed by atoms with Crippen LogP contribution in [0.1, 0.15) is 31.9 Å². The fourth-order valence-electron chi connectivity index (χ4n) is 2.93. The molecule has 0 spiro atoms. The van der Waals surface area contributed by atoms with Crippen molar-refractivity contribution in [3.63, 3.8) is 0 Å². The van der Waals surface area contributed by atoms with E-state index >= 15 is 0 Å². The summed E-state index contributed by atoms with van der Waals surface area (Å²) in [6.45, 7) is 6.30. The van der Waals surface area contributed by atoms with Crippen LogP contribution >= 0.6 is 11.6 Å². The van der Waals surface area contributed by atoms with Gasteiger partial charge in [0.25, 0.3) is 5.91 Å². The second kappa shape index (κ2) is 9.01. The van der Waals surface area contributed by atoms with Crippen LogP contribution in [0.3, 0.4) is 0 Å². The summed E-state index contributed by atoms with van der Waals surface area (Å²) in [4.78, 5) is 26.2. The Bertz CT molecular complexity index is 941. The lowest BCUT2D eigenvalue weighted by Crippen LogP contribution is -2.30. The average Bonchev–Trinajstić information content (AvgIpc) is 2.93. The summed E-state index contributed by atoms with van der Waals surface area (Å²) >= 11 is 6.38. The molecule has 0 aromatic heterocycles. The Labute approximate surface area is 175 Å². The van der Waals surface area contributed by atoms with Crippen molar-refractivity contribution in [2.45, 2.75) is 33.4 Å². The molecule has 7 heteroatoms. The quantitative estimate of drug-likeness (QED) is 0.530. The Kier molecular flexibility index (Phi) is 6.44. The van der Waals surface area contributed by atoms with E-state index in [-0.39, 0.29) is 18.3 Å². The molecule has 2 aromatic rings. The number of nitrogens with zero attached hydrogens (tertiary/aromatic N) is 1. The fraction of sp³-hybridized carbons (Fsp3) is 0.273. The summed E-state index contributed by atoms with van der Waals surface area (Å²) < 4.78 is 11.4. The van der Waals surface area contributed by atoms with Gasteiger partial charge in [0.05, 0.1) is 24.3 Å². The van der Waals surface area contributed by atoms with Gasteiger partial charge in [-0.25, -0.2) is 4.79 Å². The highest BCUT2D eigenvalue weighted by atomic mass is 35.5. The van der Waals surface area contributed by atoms with E-state index in [4.69, 9.17) is 21.1 Å². The largest absolute Gasteiger partial charge is 0.490 e. The van der Waals surface area contributed by atoms with Crippen LogP contribution in [-0.2, 0) is 11.3 Å². The van der Waals surface area contributed by atoms with Gasteiger partial charge in [0, 0.05) is 0 Å². The maximum Gasteiger partial charge on any atom is 0.329 e. The standard InChI is InChI=1S/C22H23ClN2O4/c1-4-28-19-12-16(10-17(23)20(19)29-14(2)3)11-18-21(26)25(22(27)24-18)13-15-8-6-5-7-9-15/h5-12,14H,4,13H2,1-3H3,(H,24,27)/b18-11+. The number of carbonyl (C=O) groups is 2. The minimum absolute atomic E-state index is 0.0712. The van der Waals surface area contributed by atoms with Crippen molar-refractivity contribution < 1.29 is 19.1 Å². The number of urea groups is 1. The number of hydrogen-bond donors (Lipinski definition) is 1. The lowest BCUT2D eigenvalue weighted by atomic mass is 10.1. The Hall–Kier alpha value is -2.99. The van der Waals surface area contributed by atoms with Gasteiger partial charge in [0.1, 0.15) is 5.70 Å². The predicted molar refractivity (Wildman–Crippen MR) is 112 cm³/mol. The van der Waals surface area contributed by atoms with Crippen LogP contribution < -0.4 is 14.8 Å². The Morgan fingerprint density at radius 2 is 1.90 bits per heavy atom. The van der Waals surface area contributed by atoms with Crippen LogP contribution in [0.25, 0.3) is 6.08 Å². The smallest absolute Gasteiger partial charge is 0.329 e. The first-order valence-corrected chi connectivity index (χ1v) is 9.78. The number of benzene rings is 2. The van der Waals surface area contributed by atoms with Crippen molar-refractivity contribution >= 4 is 29.6 Å². The fourth-order valence-corrected chi connectivity index (χ4v) is 3.20. The zero-order chi connectivity index (χ0) is 21.0. The van der Waals surface area contributed by atoms with E-state index in [2.05, 4.69) is 5.32 Å². The molecule has 3 amide bonds. The van der Waals surface area contributed by atoms with Crippen LogP contribution in [0, 0.1) is 0 Å². The molecule has 0 radical (unpaired) electrons. The number of ether oxygens (including phenoxy) is 2. The molecule has 6 nitrogen and oxygen atoms in total. The minimum Gasteiger partial charge on any atom is -0.490 e. The molecule has 0 unspecified atom stereocenters. The van der Waals surface area contributed by atoms with E-state index in [1.165, 1.54) is 4.90 Å². The van der Waals surface area contributed by atoms with Gasteiger partial charge in [-0.1, -0.05) is 41.9 Å². The molecule has 29 heavy (non-hydrogen) atoms. The van der Waals surface area contributed by atoms with E-state index in [0.717, 1.165) is 5.56 Å². The minimum atomic E-state index is -0.457. The lowest BCUT2D eigenvalue weighted by molar-refractivity contribution is -0.123. The van der Waals surface area contributed by atoms with E-state index in [1.54, 1.807) is 18.2 Å². The molecule has 1 N–H and O–H groups in total. The third kappa shape index (κ3) is 4.90. The summed E-state index contributed by atoms with van der Waals surface area (Å²) in [6, 6.07) is 12.3. The van der Waals surface area contributed by atoms with Crippen molar-refractivity contribution in [3.8, 4) is 11.5 Å². The van der Waals surface area contributed by atoms with Gasteiger partial charge in [0.15, 0.2) is 11.5 Å². The average molecular weight is 415 g/mol. The summed E-state index contributed by atoms with van der Waals surface area (Å²) in [7, 11) is 0. The molecule has 1 aliphatic heterocycles. The van der Waals surface area contributed by atoms with Crippen molar-refractivity contribution in [3.05, 3.63) is 64.3 Å². The molecule has 1 heterocycles. The van der Waals surface area contributed by atoms with Crippen molar-refractivity contribution in [2.24, 2.45) is 0 Å². The first-order valence-electron chi connectivity index (χ1n) is 9.40. The highest BCUT2D eigenvalue weighted by Crippen LogP contribution is 2.38. The SMILES string of the molecule is CCOc1cc(/C=C2/NC(=O)N(Cc3ccccc3)C2=O)cc(Cl)c1OC(C)C. The third-order valence-corrected chi connectivity index (χ3v) is 4.42. The normalized spacial score (nSPS) is 15.2. The lowest BCUT2D eigenvalue weighted by Gasteiger charge is -2.16. The second-order valence-electron chi connectivity index (χ2n) is 6.79. The number of imide groups is 1. The van der Waals surface area contributed by atoms with Gasteiger partial charge in [0.2, 0.25) is 0 Å². The molecule has 1 saturated heterocycles. The van der Waals surface area contributed by atoms with Gasteiger partial charge in [-0.05, 0) is 50.1 Å². The van der Waals surface area contributed by atoms with Gasteiger partial charge in [-0.15, -0.1) is 0 Å². The first kappa shape index (κ1) is 20.7. The summed E-state index contributed by atoms with van der Waals surface area (Å²) in [6.07, 6.45) is 1.51. The zero-order valence-corrected chi connectivity index (χ0v) is 17.3. The molecule has 0 saturated carbocycles. The van der Waals surface area contributed by atoms with Gasteiger partial charge < -0.3 is 14.8 Å². The van der Waals surface area contributed by atoms with Crippen LogP contribution in [-0.4, -0.2) is 29.5 Å². The van der Waals surface area contributed by atoms with E-state index in [0.29, 0.717) is 28.7 Å². The van der Waals surface area contributed by atoms with Crippen molar-refractivity contribution in [1.82, 2.24) is 10.2 Å². The maximum atomic E-state index is 12.7. The van der Waals surface area contributed by atoms with Gasteiger partial charge in [-0.2, -0.15) is 0 Å². The van der Waals surface area contributed by atoms with Crippen molar-refractivity contribution in [1.29, 1.82) is 0 Å². The highest BCUT2D eigenvalue weighted by Gasteiger charge is 2.33. The Morgan fingerprint density at radius 1 is 1.17 bits per heavy atom. The van der Waals surface area contributed by atoms with E-state index < -0.39 is 11.9 Å². The monoisotopic (exact) mass is 414 g/mol. The second-order valence-corrected chi connectivity index (χ2v) is 7.20. The molecule has 3 rings (SSSR count). The summed E-state index contributed by atoms with van der Waals surface area (Å²) in [5, 5.41) is 2.99. The Balaban J connectivity index is 1.87. The van der Waals surface area contributed by atoms with Crippen LogP contribution in [0.15, 0.2) is 48.2 Å². The first-order chi connectivity index (χ1) is 13.9. The number of hydrogen-bond acceptors (Lipinski definition) is 4. The molecular formula is C22H23ClN2O4. The van der Waals surface area contributed by atoms with Gasteiger partial charge in [-0.3, -0.25) is 9.69 Å². The van der Waals surface area contributed by atoms with Crippen molar-refractivity contribution in [2.75, 3.05) is 6.61 Å². The molecule has 0 atom stereocenters. The number of nitrogens with one attached hydrogen (secondary N) is 1. The highest BCUT2D eigenvalue weighted by molar-refractivity contribution is 6.32. The molecule has 1 fully saturated rings. The molecular weight excluding hydrogens is 392 g/mol. The number of carbonyl (C=O) groups excluding carboxylic acids is 2. The number of rotatable bonds is 7. The van der Waals surface area contributed by atoms with Crippen LogP contribution in [0.5, 0.6) is 11.5 Å². The maximum absolute atomic E-state index is 12.7. The topological polar surface area (TPSA) is 67.9 Å². The number of halogens is 1. The molecule has 0 bridgehead atoms. The predicted octanol–water partition coefficient (Wildman–Crippen LogP) is 4.62. The van der Waals surface area contributed by atoms with Crippen LogP contribution in [0.4, 0.5) is 4.79 Å². The Morgan fingerprint density at radius 3 is 2.55 bits per heavy atom. The molecule has 2 aromatic carbocycles. The molecule has 0 aliphatic carbocycles. The van der Waals surface area contributed by atoms with E-state index in [1.807, 2.05) is 51.1 Å². The number of amides is 3. The van der Waals surface area contributed by atoms with Gasteiger partial charge >= 0.3 is 6.03 Å². The zero-order valence-electron chi connectivity index (χ0n) is 16.6. The summed E-state index contributed by atoms with van der Waals surface area (Å²) in [5.41, 5.74) is 1.68. The van der Waals surface area contributed by atoms with Crippen LogP contribution in [0.2, 0.25) is 5.02 Å². The molecule has 1 aliphatic rings. The van der Waals surface area contributed by atoms with E-state index in [9.17, 15) is 9.59 Å². The molecule has 152 valence electrons. The third-order valence-electron chi connectivity index (χ3n) is 4.14.